The molecule has 0 saturated carbocycles. The SMILES string of the molecule is C[C@@H](N)c1ccc(N2CCSCC2)cn1. The third-order valence-electron chi connectivity index (χ3n) is 2.61. The number of nitrogens with two attached hydrogens (primary N) is 1. The molecule has 2 rings (SSSR count). The normalized spacial score (nSPS) is 18.9. The van der Waals surface area contributed by atoms with Crippen molar-refractivity contribution in [2.24, 2.45) is 5.73 Å². The van der Waals surface area contributed by atoms with E-state index in [0.29, 0.717) is 0 Å². The zero-order valence-corrected chi connectivity index (χ0v) is 9.83. The Labute approximate surface area is 95.1 Å². The highest BCUT2D eigenvalue weighted by Crippen LogP contribution is 2.19. The highest BCUT2D eigenvalue weighted by Gasteiger charge is 2.11. The van der Waals surface area contributed by atoms with Crippen molar-refractivity contribution >= 4 is 17.4 Å². The van der Waals surface area contributed by atoms with Crippen molar-refractivity contribution in [3.63, 3.8) is 0 Å². The molecule has 1 aliphatic rings. The molecule has 0 aliphatic carbocycles. The van der Waals surface area contributed by atoms with E-state index in [0.717, 1.165) is 18.8 Å². The van der Waals surface area contributed by atoms with Gasteiger partial charge in [-0.05, 0) is 19.1 Å². The van der Waals surface area contributed by atoms with Gasteiger partial charge in [0, 0.05) is 30.6 Å². The molecule has 1 aromatic rings. The quantitative estimate of drug-likeness (QED) is 0.828. The van der Waals surface area contributed by atoms with Crippen LogP contribution in [0.5, 0.6) is 0 Å². The fraction of sp³-hybridized carbons (Fsp3) is 0.545. The Morgan fingerprint density at radius 3 is 2.67 bits per heavy atom. The molecule has 1 fully saturated rings. The molecule has 82 valence electrons. The molecule has 1 atom stereocenters. The molecule has 0 amide bonds. The summed E-state index contributed by atoms with van der Waals surface area (Å²) in [5, 5.41) is 0. The van der Waals surface area contributed by atoms with Gasteiger partial charge in [-0.2, -0.15) is 11.8 Å². The Hall–Kier alpha value is -0.740. The van der Waals surface area contributed by atoms with E-state index in [-0.39, 0.29) is 6.04 Å². The molecule has 0 unspecified atom stereocenters. The van der Waals surface area contributed by atoms with E-state index in [2.05, 4.69) is 16.0 Å². The minimum atomic E-state index is 0.0240. The van der Waals surface area contributed by atoms with Gasteiger partial charge in [0.05, 0.1) is 17.6 Å². The first kappa shape index (κ1) is 10.8. The second-order valence-corrected chi connectivity index (χ2v) is 5.05. The molecular formula is C11H17N3S. The fourth-order valence-electron chi connectivity index (χ4n) is 1.68. The number of anilines is 1. The van der Waals surface area contributed by atoms with Crippen LogP contribution in [0.1, 0.15) is 18.7 Å². The highest BCUT2D eigenvalue weighted by atomic mass is 32.2. The number of aromatic nitrogens is 1. The topological polar surface area (TPSA) is 42.1 Å². The van der Waals surface area contributed by atoms with Gasteiger partial charge in [0.15, 0.2) is 0 Å². The Morgan fingerprint density at radius 1 is 1.40 bits per heavy atom. The second-order valence-electron chi connectivity index (χ2n) is 3.83. The van der Waals surface area contributed by atoms with Gasteiger partial charge in [0.2, 0.25) is 0 Å². The number of hydrogen-bond donors (Lipinski definition) is 1. The second kappa shape index (κ2) is 4.86. The van der Waals surface area contributed by atoms with E-state index in [1.165, 1.54) is 17.2 Å². The van der Waals surface area contributed by atoms with Crippen molar-refractivity contribution in [2.75, 3.05) is 29.5 Å². The molecule has 0 bridgehead atoms. The van der Waals surface area contributed by atoms with Crippen LogP contribution in [0.4, 0.5) is 5.69 Å². The van der Waals surface area contributed by atoms with E-state index >= 15 is 0 Å². The first-order chi connectivity index (χ1) is 7.27. The van der Waals surface area contributed by atoms with E-state index in [4.69, 9.17) is 5.73 Å². The van der Waals surface area contributed by atoms with Crippen LogP contribution in [0, 0.1) is 0 Å². The third-order valence-corrected chi connectivity index (χ3v) is 3.56. The van der Waals surface area contributed by atoms with Crippen molar-refractivity contribution in [3.8, 4) is 0 Å². The molecule has 1 aliphatic heterocycles. The van der Waals surface area contributed by atoms with Gasteiger partial charge in [-0.3, -0.25) is 4.98 Å². The van der Waals surface area contributed by atoms with Crippen molar-refractivity contribution in [1.29, 1.82) is 0 Å². The first-order valence-corrected chi connectivity index (χ1v) is 6.47. The standard InChI is InChI=1S/C11H17N3S/c1-9(12)11-3-2-10(8-13-11)14-4-6-15-7-5-14/h2-3,8-9H,4-7,12H2,1H3/t9-/m1/s1. The molecule has 3 nitrogen and oxygen atoms in total. The molecular weight excluding hydrogens is 206 g/mol. The lowest BCUT2D eigenvalue weighted by molar-refractivity contribution is 0.776. The molecule has 4 heteroatoms. The van der Waals surface area contributed by atoms with E-state index < -0.39 is 0 Å². The summed E-state index contributed by atoms with van der Waals surface area (Å²) in [5.74, 6) is 2.43. The van der Waals surface area contributed by atoms with Gasteiger partial charge in [-0.1, -0.05) is 0 Å². The highest BCUT2D eigenvalue weighted by molar-refractivity contribution is 7.99. The van der Waals surface area contributed by atoms with Crippen LogP contribution in [0.25, 0.3) is 0 Å². The van der Waals surface area contributed by atoms with Crippen molar-refractivity contribution in [2.45, 2.75) is 13.0 Å². The number of hydrogen-bond acceptors (Lipinski definition) is 4. The number of thioether (sulfide) groups is 1. The number of nitrogens with zero attached hydrogens (tertiary/aromatic N) is 2. The minimum Gasteiger partial charge on any atom is -0.369 e. The van der Waals surface area contributed by atoms with Crippen molar-refractivity contribution in [3.05, 3.63) is 24.0 Å². The zero-order chi connectivity index (χ0) is 10.7. The van der Waals surface area contributed by atoms with E-state index in [9.17, 15) is 0 Å². The Kier molecular flexibility index (Phi) is 3.49. The lowest BCUT2D eigenvalue weighted by Gasteiger charge is -2.28. The smallest absolute Gasteiger partial charge is 0.0569 e. The monoisotopic (exact) mass is 223 g/mol. The van der Waals surface area contributed by atoms with Crippen LogP contribution in [-0.4, -0.2) is 29.6 Å². The summed E-state index contributed by atoms with van der Waals surface area (Å²) in [7, 11) is 0. The molecule has 0 aromatic carbocycles. The summed E-state index contributed by atoms with van der Waals surface area (Å²) in [5.41, 5.74) is 7.95. The van der Waals surface area contributed by atoms with Crippen molar-refractivity contribution in [1.82, 2.24) is 4.98 Å². The predicted molar refractivity (Wildman–Crippen MR) is 66.4 cm³/mol. The summed E-state index contributed by atoms with van der Waals surface area (Å²) in [6.45, 7) is 4.22. The molecule has 15 heavy (non-hydrogen) atoms. The minimum absolute atomic E-state index is 0.0240. The summed E-state index contributed by atoms with van der Waals surface area (Å²) in [6.07, 6.45) is 1.94. The maximum Gasteiger partial charge on any atom is 0.0569 e. The summed E-state index contributed by atoms with van der Waals surface area (Å²) >= 11 is 2.02. The molecule has 0 radical (unpaired) electrons. The molecule has 1 saturated heterocycles. The van der Waals surface area contributed by atoms with Crippen LogP contribution >= 0.6 is 11.8 Å². The van der Waals surface area contributed by atoms with Gasteiger partial charge in [-0.15, -0.1) is 0 Å². The summed E-state index contributed by atoms with van der Waals surface area (Å²) < 4.78 is 0. The number of pyridine rings is 1. The molecule has 2 N–H and O–H groups in total. The third kappa shape index (κ3) is 2.63. The van der Waals surface area contributed by atoms with Gasteiger partial charge in [0.25, 0.3) is 0 Å². The summed E-state index contributed by atoms with van der Waals surface area (Å²) in [6, 6.07) is 4.18. The Morgan fingerprint density at radius 2 is 2.13 bits per heavy atom. The van der Waals surface area contributed by atoms with Crippen LogP contribution < -0.4 is 10.6 Å². The lowest BCUT2D eigenvalue weighted by atomic mass is 10.2. The Balaban J connectivity index is 2.08. The van der Waals surface area contributed by atoms with Crippen LogP contribution in [0.2, 0.25) is 0 Å². The maximum atomic E-state index is 5.76. The lowest BCUT2D eigenvalue weighted by Crippen LogP contribution is -2.32. The average Bonchev–Trinajstić information content (AvgIpc) is 2.30. The van der Waals surface area contributed by atoms with Crippen LogP contribution in [-0.2, 0) is 0 Å². The average molecular weight is 223 g/mol. The molecule has 2 heterocycles. The van der Waals surface area contributed by atoms with E-state index in [1.807, 2.05) is 30.9 Å². The molecule has 0 spiro atoms. The van der Waals surface area contributed by atoms with Crippen molar-refractivity contribution < 1.29 is 0 Å². The first-order valence-electron chi connectivity index (χ1n) is 5.31. The van der Waals surface area contributed by atoms with Crippen LogP contribution in [0.3, 0.4) is 0 Å². The summed E-state index contributed by atoms with van der Waals surface area (Å²) in [4.78, 5) is 6.76. The van der Waals surface area contributed by atoms with Gasteiger partial charge >= 0.3 is 0 Å². The van der Waals surface area contributed by atoms with Crippen LogP contribution in [0.15, 0.2) is 18.3 Å². The zero-order valence-electron chi connectivity index (χ0n) is 9.02. The Bertz CT molecular complexity index is 304. The fourth-order valence-corrected chi connectivity index (χ4v) is 2.58. The van der Waals surface area contributed by atoms with Gasteiger partial charge in [0.1, 0.15) is 0 Å². The predicted octanol–water partition coefficient (Wildman–Crippen LogP) is 1.65. The van der Waals surface area contributed by atoms with Gasteiger partial charge < -0.3 is 10.6 Å². The maximum absolute atomic E-state index is 5.76. The van der Waals surface area contributed by atoms with E-state index in [1.54, 1.807) is 0 Å². The largest absolute Gasteiger partial charge is 0.369 e. The number of rotatable bonds is 2. The van der Waals surface area contributed by atoms with Gasteiger partial charge in [-0.25, -0.2) is 0 Å². The molecule has 1 aromatic heterocycles.